The Bertz CT molecular complexity index is 513. The fourth-order valence-corrected chi connectivity index (χ4v) is 5.53. The molecule has 0 aliphatic heterocycles. The summed E-state index contributed by atoms with van der Waals surface area (Å²) in [5, 5.41) is 0. The second-order valence-corrected chi connectivity index (χ2v) is 9.46. The quantitative estimate of drug-likeness (QED) is 0.849. The lowest BCUT2D eigenvalue weighted by atomic mass is 10.0. The van der Waals surface area contributed by atoms with Crippen molar-refractivity contribution in [2.75, 3.05) is 6.54 Å². The zero-order valence-corrected chi connectivity index (χ0v) is 13.8. The highest BCUT2D eigenvalue weighted by Gasteiger charge is 2.42. The van der Waals surface area contributed by atoms with Gasteiger partial charge in [0.15, 0.2) is 0 Å². The fourth-order valence-electron chi connectivity index (χ4n) is 2.11. The average molecular weight is 352 g/mol. The Hall–Kier alpha value is 0.0900. The molecule has 2 rings (SSSR count). The van der Waals surface area contributed by atoms with Gasteiger partial charge in [0, 0.05) is 6.54 Å². The summed E-state index contributed by atoms with van der Waals surface area (Å²) in [6, 6.07) is 1.72. The van der Waals surface area contributed by atoms with E-state index >= 15 is 0 Å². The molecule has 18 heavy (non-hydrogen) atoms. The van der Waals surface area contributed by atoms with Crippen LogP contribution in [-0.2, 0) is 10.0 Å². The SMILES string of the molecule is CCCC1(CNS(=O)(=O)c2cc(C)c(Br)s2)CC1. The summed E-state index contributed by atoms with van der Waals surface area (Å²) in [6.07, 6.45) is 4.53. The van der Waals surface area contributed by atoms with Gasteiger partial charge in [-0.1, -0.05) is 13.3 Å². The van der Waals surface area contributed by atoms with Gasteiger partial charge in [-0.3, -0.25) is 0 Å². The van der Waals surface area contributed by atoms with Crippen LogP contribution in [0.25, 0.3) is 0 Å². The zero-order chi connectivity index (χ0) is 13.4. The highest BCUT2D eigenvalue weighted by Crippen LogP contribution is 2.49. The summed E-state index contributed by atoms with van der Waals surface area (Å²) in [6.45, 7) is 4.63. The number of hydrogen-bond donors (Lipinski definition) is 1. The first-order chi connectivity index (χ1) is 8.38. The molecule has 1 heterocycles. The summed E-state index contributed by atoms with van der Waals surface area (Å²) in [4.78, 5) is 0. The Balaban J connectivity index is 2.04. The van der Waals surface area contributed by atoms with Gasteiger partial charge < -0.3 is 0 Å². The Morgan fingerprint density at radius 2 is 2.17 bits per heavy atom. The van der Waals surface area contributed by atoms with Crippen LogP contribution >= 0.6 is 27.3 Å². The van der Waals surface area contributed by atoms with E-state index in [4.69, 9.17) is 0 Å². The molecule has 1 aromatic rings. The van der Waals surface area contributed by atoms with E-state index in [0.29, 0.717) is 10.8 Å². The molecule has 1 N–H and O–H groups in total. The fraction of sp³-hybridized carbons (Fsp3) is 0.667. The Labute approximate surface area is 121 Å². The molecule has 0 aromatic carbocycles. The molecule has 0 saturated heterocycles. The molecule has 1 aliphatic rings. The van der Waals surface area contributed by atoms with Crippen molar-refractivity contribution in [3.63, 3.8) is 0 Å². The minimum atomic E-state index is -3.33. The van der Waals surface area contributed by atoms with Gasteiger partial charge in [0.25, 0.3) is 0 Å². The predicted molar refractivity (Wildman–Crippen MR) is 78.5 cm³/mol. The van der Waals surface area contributed by atoms with E-state index in [1.807, 2.05) is 6.92 Å². The standard InChI is InChI=1S/C12H18BrNO2S2/c1-3-4-12(5-6-12)8-14-18(15,16)10-7-9(2)11(13)17-10/h7,14H,3-6,8H2,1-2H3. The van der Waals surface area contributed by atoms with Crippen LogP contribution in [0.4, 0.5) is 0 Å². The molecule has 0 unspecified atom stereocenters. The second kappa shape index (κ2) is 5.23. The number of nitrogens with one attached hydrogen (secondary N) is 1. The van der Waals surface area contributed by atoms with Crippen molar-refractivity contribution in [2.24, 2.45) is 5.41 Å². The first-order valence-electron chi connectivity index (χ1n) is 6.14. The van der Waals surface area contributed by atoms with Crippen LogP contribution in [0.2, 0.25) is 0 Å². The predicted octanol–water partition coefficient (Wildman–Crippen LogP) is 3.68. The van der Waals surface area contributed by atoms with Crippen molar-refractivity contribution >= 4 is 37.3 Å². The van der Waals surface area contributed by atoms with Gasteiger partial charge in [-0.25, -0.2) is 13.1 Å². The van der Waals surface area contributed by atoms with Crippen molar-refractivity contribution < 1.29 is 8.42 Å². The van der Waals surface area contributed by atoms with Gasteiger partial charge in [-0.15, -0.1) is 11.3 Å². The summed E-state index contributed by atoms with van der Waals surface area (Å²) in [5.41, 5.74) is 1.21. The Morgan fingerprint density at radius 3 is 2.61 bits per heavy atom. The maximum atomic E-state index is 12.2. The zero-order valence-electron chi connectivity index (χ0n) is 10.6. The lowest BCUT2D eigenvalue weighted by Crippen LogP contribution is -2.29. The molecule has 1 saturated carbocycles. The molecule has 0 amide bonds. The molecule has 1 fully saturated rings. The largest absolute Gasteiger partial charge is 0.250 e. The third kappa shape index (κ3) is 3.15. The smallest absolute Gasteiger partial charge is 0.210 e. The van der Waals surface area contributed by atoms with Crippen LogP contribution in [0.1, 0.15) is 38.2 Å². The summed E-state index contributed by atoms with van der Waals surface area (Å²) < 4.78 is 28.4. The highest BCUT2D eigenvalue weighted by atomic mass is 79.9. The van der Waals surface area contributed by atoms with E-state index < -0.39 is 10.0 Å². The van der Waals surface area contributed by atoms with E-state index in [9.17, 15) is 8.42 Å². The van der Waals surface area contributed by atoms with E-state index in [1.54, 1.807) is 6.07 Å². The van der Waals surface area contributed by atoms with Gasteiger partial charge >= 0.3 is 0 Å². The normalized spacial score (nSPS) is 17.9. The molecule has 0 radical (unpaired) electrons. The number of hydrogen-bond acceptors (Lipinski definition) is 3. The lowest BCUT2D eigenvalue weighted by Gasteiger charge is -2.14. The van der Waals surface area contributed by atoms with Crippen LogP contribution in [0.5, 0.6) is 0 Å². The van der Waals surface area contributed by atoms with Gasteiger partial charge in [0.1, 0.15) is 4.21 Å². The van der Waals surface area contributed by atoms with Crippen LogP contribution in [0, 0.1) is 12.3 Å². The molecule has 0 bridgehead atoms. The first-order valence-corrected chi connectivity index (χ1v) is 9.23. The molecule has 0 atom stereocenters. The van der Waals surface area contributed by atoms with Crippen LogP contribution < -0.4 is 4.72 Å². The van der Waals surface area contributed by atoms with Crippen molar-refractivity contribution in [2.45, 2.75) is 43.7 Å². The molecule has 1 aliphatic carbocycles. The maximum absolute atomic E-state index is 12.2. The molecule has 102 valence electrons. The molecule has 0 spiro atoms. The highest BCUT2D eigenvalue weighted by molar-refractivity contribution is 9.11. The number of aryl methyl sites for hydroxylation is 1. The van der Waals surface area contributed by atoms with E-state index in [2.05, 4.69) is 27.6 Å². The van der Waals surface area contributed by atoms with Crippen molar-refractivity contribution in [1.29, 1.82) is 0 Å². The summed E-state index contributed by atoms with van der Waals surface area (Å²) in [7, 11) is -3.33. The number of halogens is 1. The molecule has 1 aromatic heterocycles. The van der Waals surface area contributed by atoms with E-state index in [-0.39, 0.29) is 5.41 Å². The second-order valence-electron chi connectivity index (χ2n) is 5.10. The average Bonchev–Trinajstić information content (AvgIpc) is 2.98. The minimum Gasteiger partial charge on any atom is -0.210 e. The number of rotatable bonds is 6. The topological polar surface area (TPSA) is 46.2 Å². The molecule has 3 nitrogen and oxygen atoms in total. The third-order valence-electron chi connectivity index (χ3n) is 3.47. The van der Waals surface area contributed by atoms with Gasteiger partial charge in [0.2, 0.25) is 10.0 Å². The van der Waals surface area contributed by atoms with Crippen molar-refractivity contribution in [3.8, 4) is 0 Å². The summed E-state index contributed by atoms with van der Waals surface area (Å²) >= 11 is 4.63. The maximum Gasteiger partial charge on any atom is 0.250 e. The van der Waals surface area contributed by atoms with Gasteiger partial charge in [0.05, 0.1) is 3.79 Å². The van der Waals surface area contributed by atoms with Crippen molar-refractivity contribution in [1.82, 2.24) is 4.72 Å². The Morgan fingerprint density at radius 1 is 1.50 bits per heavy atom. The lowest BCUT2D eigenvalue weighted by molar-refractivity contribution is 0.449. The molecular formula is C12H18BrNO2S2. The van der Waals surface area contributed by atoms with Gasteiger partial charge in [-0.2, -0.15) is 0 Å². The third-order valence-corrected chi connectivity index (χ3v) is 7.49. The van der Waals surface area contributed by atoms with Gasteiger partial charge in [-0.05, 0) is 59.2 Å². The Kier molecular flexibility index (Phi) is 4.21. The number of thiophene rings is 1. The van der Waals surface area contributed by atoms with Crippen LogP contribution in [0.15, 0.2) is 14.1 Å². The summed E-state index contributed by atoms with van der Waals surface area (Å²) in [5.74, 6) is 0. The minimum absolute atomic E-state index is 0.241. The monoisotopic (exact) mass is 351 g/mol. The molecule has 6 heteroatoms. The number of sulfonamides is 1. The van der Waals surface area contributed by atoms with Crippen LogP contribution in [0.3, 0.4) is 0 Å². The van der Waals surface area contributed by atoms with E-state index in [0.717, 1.165) is 35.0 Å². The molecular weight excluding hydrogens is 334 g/mol. The van der Waals surface area contributed by atoms with Crippen molar-refractivity contribution in [3.05, 3.63) is 15.4 Å². The van der Waals surface area contributed by atoms with Crippen LogP contribution in [-0.4, -0.2) is 15.0 Å². The van der Waals surface area contributed by atoms with E-state index in [1.165, 1.54) is 11.3 Å². The first kappa shape index (κ1) is 14.5.